The van der Waals surface area contributed by atoms with Crippen LogP contribution >= 0.6 is 23.2 Å². The summed E-state index contributed by atoms with van der Waals surface area (Å²) >= 11 is 11.9. The summed E-state index contributed by atoms with van der Waals surface area (Å²) in [6.07, 6.45) is 1.83. The Morgan fingerprint density at radius 3 is 1.90 bits per heavy atom. The molecule has 0 radical (unpaired) electrons. The Morgan fingerprint density at radius 1 is 0.667 bits per heavy atom. The molecular formula is C18H13Cl2N. The maximum Gasteiger partial charge on any atom is 0.129 e. The normalized spacial score (nSPS) is 12.1. The van der Waals surface area contributed by atoms with Crippen LogP contribution < -0.4 is 0 Å². The fourth-order valence-corrected chi connectivity index (χ4v) is 2.67. The number of pyridine rings is 1. The Labute approximate surface area is 134 Å². The van der Waals surface area contributed by atoms with E-state index >= 15 is 0 Å². The topological polar surface area (TPSA) is 12.9 Å². The maximum atomic E-state index is 6.00. The zero-order chi connectivity index (χ0) is 14.7. The molecule has 1 heterocycles. The van der Waals surface area contributed by atoms with Gasteiger partial charge in [-0.1, -0.05) is 71.7 Å². The Kier molecular flexibility index (Phi) is 4.23. The molecule has 3 rings (SSSR count). The minimum Gasteiger partial charge on any atom is -0.244 e. The van der Waals surface area contributed by atoms with Crippen molar-refractivity contribution in [2.45, 2.75) is 5.92 Å². The molecule has 3 aromatic rings. The number of aromatic nitrogens is 1. The molecule has 0 aliphatic heterocycles. The van der Waals surface area contributed by atoms with E-state index in [4.69, 9.17) is 23.2 Å². The van der Waals surface area contributed by atoms with Crippen molar-refractivity contribution in [1.82, 2.24) is 4.98 Å². The first-order chi connectivity index (χ1) is 10.2. The van der Waals surface area contributed by atoms with E-state index in [0.29, 0.717) is 5.15 Å². The predicted molar refractivity (Wildman–Crippen MR) is 88.1 cm³/mol. The quantitative estimate of drug-likeness (QED) is 0.576. The van der Waals surface area contributed by atoms with Crippen molar-refractivity contribution in [3.63, 3.8) is 0 Å². The Balaban J connectivity index is 2.11. The second-order valence-corrected chi connectivity index (χ2v) is 5.63. The number of nitrogens with zero attached hydrogens (tertiary/aromatic N) is 1. The van der Waals surface area contributed by atoms with Crippen LogP contribution in [-0.2, 0) is 0 Å². The van der Waals surface area contributed by atoms with Crippen LogP contribution in [0, 0.1) is 0 Å². The average molecular weight is 314 g/mol. The van der Waals surface area contributed by atoms with Crippen LogP contribution in [0.5, 0.6) is 0 Å². The molecule has 0 aliphatic rings. The van der Waals surface area contributed by atoms with E-state index in [0.717, 1.165) is 10.6 Å². The highest BCUT2D eigenvalue weighted by Gasteiger charge is 2.16. The van der Waals surface area contributed by atoms with E-state index in [-0.39, 0.29) is 5.92 Å². The van der Waals surface area contributed by atoms with Crippen molar-refractivity contribution < 1.29 is 0 Å². The summed E-state index contributed by atoms with van der Waals surface area (Å²) in [6, 6.07) is 22.1. The summed E-state index contributed by atoms with van der Waals surface area (Å²) < 4.78 is 0. The fourth-order valence-electron chi connectivity index (χ4n) is 2.44. The second-order valence-electron chi connectivity index (χ2n) is 4.81. The molecule has 1 atom stereocenters. The van der Waals surface area contributed by atoms with Crippen LogP contribution in [-0.4, -0.2) is 4.98 Å². The number of hydrogen-bond donors (Lipinski definition) is 0. The first kappa shape index (κ1) is 14.1. The van der Waals surface area contributed by atoms with E-state index in [1.54, 1.807) is 0 Å². The predicted octanol–water partition coefficient (Wildman–Crippen LogP) is 5.57. The van der Waals surface area contributed by atoms with Gasteiger partial charge >= 0.3 is 0 Å². The third-order valence-electron chi connectivity index (χ3n) is 3.42. The van der Waals surface area contributed by atoms with Crippen molar-refractivity contribution in [2.75, 3.05) is 0 Å². The third-order valence-corrected chi connectivity index (χ3v) is 3.90. The van der Waals surface area contributed by atoms with Crippen molar-refractivity contribution >= 4 is 23.2 Å². The van der Waals surface area contributed by atoms with Crippen molar-refractivity contribution in [3.05, 3.63) is 99.8 Å². The van der Waals surface area contributed by atoms with Gasteiger partial charge in [0.15, 0.2) is 0 Å². The van der Waals surface area contributed by atoms with Crippen LogP contribution in [0.1, 0.15) is 22.6 Å². The number of hydrogen-bond acceptors (Lipinski definition) is 1. The van der Waals surface area contributed by atoms with Gasteiger partial charge in [-0.05, 0) is 34.9 Å². The fraction of sp³-hybridized carbons (Fsp3) is 0.0556. The van der Waals surface area contributed by atoms with Crippen LogP contribution in [0.3, 0.4) is 0 Å². The van der Waals surface area contributed by atoms with Gasteiger partial charge in [0.1, 0.15) is 5.15 Å². The molecule has 2 aromatic carbocycles. The zero-order valence-corrected chi connectivity index (χ0v) is 12.7. The summed E-state index contributed by atoms with van der Waals surface area (Å²) in [5, 5.41) is 1.24. The number of halogens is 2. The van der Waals surface area contributed by atoms with E-state index in [1.165, 1.54) is 11.1 Å². The number of rotatable bonds is 3. The molecule has 3 heteroatoms. The highest BCUT2D eigenvalue weighted by Crippen LogP contribution is 2.32. The molecular weight excluding hydrogens is 301 g/mol. The van der Waals surface area contributed by atoms with Crippen molar-refractivity contribution in [2.24, 2.45) is 0 Å². The highest BCUT2D eigenvalue weighted by molar-refractivity contribution is 6.30. The summed E-state index contributed by atoms with van der Waals surface area (Å²) in [5.74, 6) is 0.119. The SMILES string of the molecule is Clc1ccc(C(c2ccccc2)c2ccc(Cl)nc2)cc1. The molecule has 0 saturated carbocycles. The molecule has 0 saturated heterocycles. The van der Waals surface area contributed by atoms with Crippen LogP contribution in [0.2, 0.25) is 10.2 Å². The molecule has 0 amide bonds. The summed E-state index contributed by atoms with van der Waals surface area (Å²) in [7, 11) is 0. The zero-order valence-electron chi connectivity index (χ0n) is 11.2. The van der Waals surface area contributed by atoms with Gasteiger partial charge in [-0.3, -0.25) is 0 Å². The van der Waals surface area contributed by atoms with Gasteiger partial charge in [-0.25, -0.2) is 4.98 Å². The molecule has 0 bridgehead atoms. The smallest absolute Gasteiger partial charge is 0.129 e. The molecule has 0 spiro atoms. The van der Waals surface area contributed by atoms with Gasteiger partial charge in [-0.2, -0.15) is 0 Å². The van der Waals surface area contributed by atoms with Crippen LogP contribution in [0.4, 0.5) is 0 Å². The molecule has 104 valence electrons. The minimum absolute atomic E-state index is 0.119. The van der Waals surface area contributed by atoms with E-state index in [2.05, 4.69) is 29.2 Å². The first-order valence-corrected chi connectivity index (χ1v) is 7.41. The molecule has 1 nitrogen and oxygen atoms in total. The lowest BCUT2D eigenvalue weighted by atomic mass is 9.86. The largest absolute Gasteiger partial charge is 0.244 e. The molecule has 0 N–H and O–H groups in total. The second kappa shape index (κ2) is 6.30. The summed E-state index contributed by atoms with van der Waals surface area (Å²) in [6.45, 7) is 0. The van der Waals surface area contributed by atoms with Crippen LogP contribution in [0.15, 0.2) is 72.9 Å². The Hall–Kier alpha value is -1.83. The van der Waals surface area contributed by atoms with E-state index in [9.17, 15) is 0 Å². The lowest BCUT2D eigenvalue weighted by molar-refractivity contribution is 0.963. The standard InChI is InChI=1S/C18H13Cl2N/c19-16-9-6-14(7-10-16)18(13-4-2-1-3-5-13)15-8-11-17(20)21-12-15/h1-12,18H. The highest BCUT2D eigenvalue weighted by atomic mass is 35.5. The molecule has 0 fully saturated rings. The van der Waals surface area contributed by atoms with Gasteiger partial charge in [-0.15, -0.1) is 0 Å². The third kappa shape index (κ3) is 3.26. The molecule has 0 aliphatic carbocycles. The lowest BCUT2D eigenvalue weighted by Gasteiger charge is -2.18. The van der Waals surface area contributed by atoms with Gasteiger partial charge < -0.3 is 0 Å². The Bertz CT molecular complexity index is 661. The van der Waals surface area contributed by atoms with Gasteiger partial charge in [0.2, 0.25) is 0 Å². The number of benzene rings is 2. The van der Waals surface area contributed by atoms with Gasteiger partial charge in [0, 0.05) is 17.1 Å². The Morgan fingerprint density at radius 2 is 1.29 bits per heavy atom. The monoisotopic (exact) mass is 313 g/mol. The van der Waals surface area contributed by atoms with Crippen LogP contribution in [0.25, 0.3) is 0 Å². The minimum atomic E-state index is 0.119. The van der Waals surface area contributed by atoms with E-state index in [1.807, 2.05) is 48.7 Å². The first-order valence-electron chi connectivity index (χ1n) is 6.66. The summed E-state index contributed by atoms with van der Waals surface area (Å²) in [5.41, 5.74) is 3.49. The van der Waals surface area contributed by atoms with Crippen molar-refractivity contribution in [3.8, 4) is 0 Å². The lowest BCUT2D eigenvalue weighted by Crippen LogP contribution is -2.03. The average Bonchev–Trinajstić information content (AvgIpc) is 2.52. The molecule has 1 aromatic heterocycles. The maximum absolute atomic E-state index is 6.00. The van der Waals surface area contributed by atoms with E-state index < -0.39 is 0 Å². The van der Waals surface area contributed by atoms with Gasteiger partial charge in [0.05, 0.1) is 0 Å². The van der Waals surface area contributed by atoms with Crippen molar-refractivity contribution in [1.29, 1.82) is 0 Å². The molecule has 1 unspecified atom stereocenters. The van der Waals surface area contributed by atoms with Gasteiger partial charge in [0.25, 0.3) is 0 Å². The summed E-state index contributed by atoms with van der Waals surface area (Å²) in [4.78, 5) is 4.21. The molecule has 21 heavy (non-hydrogen) atoms.